The van der Waals surface area contributed by atoms with Crippen molar-refractivity contribution in [2.24, 2.45) is 0 Å². The fraction of sp³-hybridized carbons (Fsp3) is 0.400. The van der Waals surface area contributed by atoms with E-state index < -0.39 is 0 Å². The van der Waals surface area contributed by atoms with E-state index in [1.807, 2.05) is 19.0 Å². The van der Waals surface area contributed by atoms with Gasteiger partial charge in [0.1, 0.15) is 5.82 Å². The third kappa shape index (κ3) is 2.62. The largest absolute Gasteiger partial charge is 0.309 e. The number of likely N-dealkylation sites (N-methyl/N-ethyl adjacent to an activating group) is 1. The van der Waals surface area contributed by atoms with Crippen molar-refractivity contribution in [3.63, 3.8) is 0 Å². The molecule has 0 aliphatic heterocycles. The van der Waals surface area contributed by atoms with E-state index in [1.165, 1.54) is 6.07 Å². The Bertz CT molecular complexity index is 245. The van der Waals surface area contributed by atoms with E-state index in [0.717, 1.165) is 18.5 Å². The minimum atomic E-state index is -0.153. The predicted octanol–water partition coefficient (Wildman–Crippen LogP) is 1.73. The van der Waals surface area contributed by atoms with Crippen molar-refractivity contribution in [3.8, 4) is 0 Å². The molecule has 0 heterocycles. The Morgan fingerprint density at radius 2 is 2.25 bits per heavy atom. The van der Waals surface area contributed by atoms with E-state index in [1.54, 1.807) is 12.1 Å². The molecule has 0 saturated heterocycles. The molecule has 0 aromatic heterocycles. The van der Waals surface area contributed by atoms with Crippen LogP contribution in [0.1, 0.15) is 5.56 Å². The Balaban J connectivity index is 2.57. The Kier molecular flexibility index (Phi) is 3.23. The molecule has 12 heavy (non-hydrogen) atoms. The first-order chi connectivity index (χ1) is 5.70. The van der Waals surface area contributed by atoms with Gasteiger partial charge in [0.2, 0.25) is 0 Å². The lowest BCUT2D eigenvalue weighted by Crippen LogP contribution is -2.15. The average molecular weight is 166 g/mol. The van der Waals surface area contributed by atoms with Gasteiger partial charge in [0.15, 0.2) is 0 Å². The summed E-state index contributed by atoms with van der Waals surface area (Å²) in [5.74, 6) is -0.153. The molecule has 2 heteroatoms. The lowest BCUT2D eigenvalue weighted by molar-refractivity contribution is 0.410. The lowest BCUT2D eigenvalue weighted by Gasteiger charge is -2.09. The van der Waals surface area contributed by atoms with Gasteiger partial charge in [0.25, 0.3) is 0 Å². The number of hydrogen-bond donors (Lipinski definition) is 0. The van der Waals surface area contributed by atoms with E-state index in [4.69, 9.17) is 0 Å². The Morgan fingerprint density at radius 1 is 1.50 bits per heavy atom. The highest BCUT2D eigenvalue weighted by atomic mass is 19.1. The smallest absolute Gasteiger partial charge is 0.127 e. The fourth-order valence-corrected chi connectivity index (χ4v) is 0.989. The zero-order valence-corrected chi connectivity index (χ0v) is 7.47. The van der Waals surface area contributed by atoms with Crippen LogP contribution in [-0.4, -0.2) is 25.5 Å². The van der Waals surface area contributed by atoms with Crippen molar-refractivity contribution in [3.05, 3.63) is 35.6 Å². The predicted molar refractivity (Wildman–Crippen MR) is 47.5 cm³/mol. The molecule has 0 spiro atoms. The molecular formula is C10H13FN. The normalized spacial score (nSPS) is 10.7. The number of hydrogen-bond acceptors (Lipinski definition) is 1. The van der Waals surface area contributed by atoms with E-state index in [0.29, 0.717) is 0 Å². The maximum absolute atomic E-state index is 13.0. The van der Waals surface area contributed by atoms with Crippen molar-refractivity contribution in [2.75, 3.05) is 20.6 Å². The summed E-state index contributed by atoms with van der Waals surface area (Å²) in [6, 6.07) is 7.60. The lowest BCUT2D eigenvalue weighted by atomic mass is 10.1. The van der Waals surface area contributed by atoms with Crippen LogP contribution in [0, 0.1) is 11.9 Å². The zero-order chi connectivity index (χ0) is 8.97. The van der Waals surface area contributed by atoms with Crippen LogP contribution < -0.4 is 0 Å². The van der Waals surface area contributed by atoms with Crippen molar-refractivity contribution in [1.82, 2.24) is 4.90 Å². The summed E-state index contributed by atoms with van der Waals surface area (Å²) in [4.78, 5) is 2.04. The second-order valence-electron chi connectivity index (χ2n) is 3.07. The molecule has 0 aliphatic carbocycles. The summed E-state index contributed by atoms with van der Waals surface area (Å²) < 4.78 is 13.0. The quantitative estimate of drug-likeness (QED) is 0.661. The molecule has 1 rings (SSSR count). The zero-order valence-electron chi connectivity index (χ0n) is 7.47. The monoisotopic (exact) mass is 166 g/mol. The van der Waals surface area contributed by atoms with Crippen LogP contribution in [0.5, 0.6) is 0 Å². The molecular weight excluding hydrogens is 153 g/mol. The third-order valence-electron chi connectivity index (χ3n) is 1.73. The van der Waals surface area contributed by atoms with E-state index in [-0.39, 0.29) is 5.82 Å². The maximum atomic E-state index is 13.0. The van der Waals surface area contributed by atoms with Gasteiger partial charge < -0.3 is 4.90 Å². The summed E-state index contributed by atoms with van der Waals surface area (Å²) in [7, 11) is 3.96. The summed E-state index contributed by atoms with van der Waals surface area (Å²) in [5.41, 5.74) is 0.766. The topological polar surface area (TPSA) is 3.24 Å². The molecule has 0 bridgehead atoms. The molecule has 0 amide bonds. The first kappa shape index (κ1) is 9.20. The molecule has 1 radical (unpaired) electrons. The Hall–Kier alpha value is -0.890. The molecule has 1 nitrogen and oxygen atoms in total. The Morgan fingerprint density at radius 3 is 2.83 bits per heavy atom. The summed E-state index contributed by atoms with van der Waals surface area (Å²) in [6.45, 7) is 0.876. The van der Waals surface area contributed by atoms with E-state index in [2.05, 4.69) is 6.07 Å². The number of benzene rings is 1. The van der Waals surface area contributed by atoms with Crippen LogP contribution in [0.4, 0.5) is 4.39 Å². The minimum Gasteiger partial charge on any atom is -0.309 e. The first-order valence-corrected chi connectivity index (χ1v) is 3.99. The SMILES string of the molecule is CN(C)CCc1cc[c]cc1F. The summed E-state index contributed by atoms with van der Waals surface area (Å²) in [6.07, 6.45) is 0.757. The molecule has 0 atom stereocenters. The number of halogens is 1. The van der Waals surface area contributed by atoms with Gasteiger partial charge in [-0.15, -0.1) is 0 Å². The third-order valence-corrected chi connectivity index (χ3v) is 1.73. The maximum Gasteiger partial charge on any atom is 0.127 e. The first-order valence-electron chi connectivity index (χ1n) is 3.99. The van der Waals surface area contributed by atoms with Gasteiger partial charge in [-0.25, -0.2) is 4.39 Å². The average Bonchev–Trinajstić information content (AvgIpc) is 2.03. The van der Waals surface area contributed by atoms with Gasteiger partial charge >= 0.3 is 0 Å². The van der Waals surface area contributed by atoms with Gasteiger partial charge in [-0.1, -0.05) is 12.1 Å². The standard InChI is InChI=1S/C10H13FN/c1-12(2)8-7-9-5-3-4-6-10(9)11/h3,5-6H,7-8H2,1-2H3. The molecule has 0 aliphatic rings. The number of nitrogens with zero attached hydrogens (tertiary/aromatic N) is 1. The molecule has 0 unspecified atom stereocenters. The van der Waals surface area contributed by atoms with E-state index >= 15 is 0 Å². The highest BCUT2D eigenvalue weighted by molar-refractivity contribution is 5.16. The summed E-state index contributed by atoms with van der Waals surface area (Å²) in [5, 5.41) is 0. The van der Waals surface area contributed by atoms with Crippen LogP contribution in [0.25, 0.3) is 0 Å². The molecule has 0 fully saturated rings. The highest BCUT2D eigenvalue weighted by Crippen LogP contribution is 2.06. The van der Waals surface area contributed by atoms with Crippen molar-refractivity contribution in [1.29, 1.82) is 0 Å². The van der Waals surface area contributed by atoms with Gasteiger partial charge in [0, 0.05) is 6.54 Å². The molecule has 0 saturated carbocycles. The minimum absolute atomic E-state index is 0.153. The van der Waals surface area contributed by atoms with Crippen LogP contribution >= 0.6 is 0 Å². The second-order valence-corrected chi connectivity index (χ2v) is 3.07. The fourth-order valence-electron chi connectivity index (χ4n) is 0.989. The molecule has 0 N–H and O–H groups in total. The Labute approximate surface area is 72.8 Å². The van der Waals surface area contributed by atoms with Crippen LogP contribution in [0.2, 0.25) is 0 Å². The van der Waals surface area contributed by atoms with Crippen LogP contribution in [0.15, 0.2) is 18.2 Å². The van der Waals surface area contributed by atoms with Crippen LogP contribution in [0.3, 0.4) is 0 Å². The van der Waals surface area contributed by atoms with Crippen molar-refractivity contribution in [2.45, 2.75) is 6.42 Å². The van der Waals surface area contributed by atoms with Gasteiger partial charge in [-0.2, -0.15) is 0 Å². The highest BCUT2D eigenvalue weighted by Gasteiger charge is 2.00. The van der Waals surface area contributed by atoms with E-state index in [9.17, 15) is 4.39 Å². The van der Waals surface area contributed by atoms with Gasteiger partial charge in [-0.05, 0) is 38.2 Å². The molecule has 1 aromatic rings. The van der Waals surface area contributed by atoms with Crippen molar-refractivity contribution >= 4 is 0 Å². The summed E-state index contributed by atoms with van der Waals surface area (Å²) >= 11 is 0. The van der Waals surface area contributed by atoms with Crippen molar-refractivity contribution < 1.29 is 4.39 Å². The molecule has 65 valence electrons. The second kappa shape index (κ2) is 4.21. The number of rotatable bonds is 3. The van der Waals surface area contributed by atoms with Crippen LogP contribution in [-0.2, 0) is 6.42 Å². The van der Waals surface area contributed by atoms with Gasteiger partial charge in [0.05, 0.1) is 0 Å². The van der Waals surface area contributed by atoms with Gasteiger partial charge in [-0.3, -0.25) is 0 Å². The molecule has 1 aromatic carbocycles.